The fourth-order valence-electron chi connectivity index (χ4n) is 1.87. The first-order valence-corrected chi connectivity index (χ1v) is 7.01. The smallest absolute Gasteiger partial charge is 0.141 e. The highest BCUT2D eigenvalue weighted by atomic mass is 79.9. The van der Waals surface area contributed by atoms with Crippen LogP contribution >= 0.6 is 15.9 Å². The van der Waals surface area contributed by atoms with E-state index in [0.29, 0.717) is 5.69 Å². The van der Waals surface area contributed by atoms with E-state index in [0.717, 1.165) is 23.3 Å². The molecule has 1 unspecified atom stereocenters. The Kier molecular flexibility index (Phi) is 4.85. The monoisotopic (exact) mass is 341 g/mol. The number of halogens is 2. The van der Waals surface area contributed by atoms with Crippen molar-refractivity contribution in [1.29, 1.82) is 0 Å². The summed E-state index contributed by atoms with van der Waals surface area (Å²) < 4.78 is 15.6. The molecule has 0 aliphatic carbocycles. The van der Waals surface area contributed by atoms with E-state index in [-0.39, 0.29) is 5.82 Å². The molecule has 5 nitrogen and oxygen atoms in total. The zero-order valence-corrected chi connectivity index (χ0v) is 13.0. The van der Waals surface area contributed by atoms with Gasteiger partial charge in [-0.2, -0.15) is 5.10 Å². The summed E-state index contributed by atoms with van der Waals surface area (Å²) >= 11 is 3.46. The van der Waals surface area contributed by atoms with Crippen molar-refractivity contribution in [3.63, 3.8) is 0 Å². The fraction of sp³-hybridized carbons (Fsp3) is 0.385. The Labute approximate surface area is 125 Å². The summed E-state index contributed by atoms with van der Waals surface area (Å²) in [6.07, 6.45) is 2.89. The van der Waals surface area contributed by atoms with Crippen LogP contribution < -0.4 is 5.73 Å². The molecule has 0 aliphatic heterocycles. The molecule has 0 amide bonds. The molecule has 0 spiro atoms. The Balaban J connectivity index is 2.26. The summed E-state index contributed by atoms with van der Waals surface area (Å²) in [4.78, 5) is 6.11. The standard InChI is InChI=1S/C13H17BrFN5/c1-19(2)5-6-20-13(10(14)8-18-20)12(16)11-4-3-9(15)7-17-11/h3-4,7-8,12H,5-6,16H2,1-2H3. The van der Waals surface area contributed by atoms with Crippen LogP contribution in [-0.4, -0.2) is 40.3 Å². The Morgan fingerprint density at radius 3 is 2.75 bits per heavy atom. The molecule has 2 rings (SSSR count). The van der Waals surface area contributed by atoms with E-state index < -0.39 is 6.04 Å². The van der Waals surface area contributed by atoms with Gasteiger partial charge in [0.15, 0.2) is 0 Å². The lowest BCUT2D eigenvalue weighted by Gasteiger charge is -2.16. The zero-order valence-electron chi connectivity index (χ0n) is 11.4. The molecule has 1 atom stereocenters. The van der Waals surface area contributed by atoms with Gasteiger partial charge in [-0.3, -0.25) is 9.67 Å². The van der Waals surface area contributed by atoms with Crippen molar-refractivity contribution in [3.05, 3.63) is 46.2 Å². The second-order valence-electron chi connectivity index (χ2n) is 4.78. The summed E-state index contributed by atoms with van der Waals surface area (Å²) in [5, 5.41) is 4.31. The molecule has 0 fully saturated rings. The van der Waals surface area contributed by atoms with Gasteiger partial charge in [0.25, 0.3) is 0 Å². The lowest BCUT2D eigenvalue weighted by molar-refractivity contribution is 0.367. The second kappa shape index (κ2) is 6.43. The minimum absolute atomic E-state index is 0.374. The Morgan fingerprint density at radius 2 is 2.15 bits per heavy atom. The van der Waals surface area contributed by atoms with Crippen molar-refractivity contribution < 1.29 is 4.39 Å². The van der Waals surface area contributed by atoms with Gasteiger partial charge in [-0.1, -0.05) is 0 Å². The molecule has 0 aromatic carbocycles. The fourth-order valence-corrected chi connectivity index (χ4v) is 2.41. The van der Waals surface area contributed by atoms with Crippen LogP contribution in [0.2, 0.25) is 0 Å². The van der Waals surface area contributed by atoms with Crippen LogP contribution in [0.1, 0.15) is 17.4 Å². The van der Waals surface area contributed by atoms with Crippen LogP contribution in [0.4, 0.5) is 4.39 Å². The molecule has 2 aromatic rings. The van der Waals surface area contributed by atoms with Gasteiger partial charge in [0, 0.05) is 6.54 Å². The number of nitrogens with two attached hydrogens (primary N) is 1. The normalized spacial score (nSPS) is 12.9. The van der Waals surface area contributed by atoms with Gasteiger partial charge in [-0.15, -0.1) is 0 Å². The van der Waals surface area contributed by atoms with Crippen molar-refractivity contribution in [1.82, 2.24) is 19.7 Å². The quantitative estimate of drug-likeness (QED) is 0.900. The molecule has 0 aliphatic rings. The molecular formula is C13H17BrFN5. The van der Waals surface area contributed by atoms with E-state index in [4.69, 9.17) is 5.73 Å². The molecule has 0 radical (unpaired) electrons. The zero-order chi connectivity index (χ0) is 14.7. The number of hydrogen-bond acceptors (Lipinski definition) is 4. The van der Waals surface area contributed by atoms with Crippen LogP contribution in [0.3, 0.4) is 0 Å². The minimum Gasteiger partial charge on any atom is -0.318 e. The van der Waals surface area contributed by atoms with Gasteiger partial charge in [-0.05, 0) is 42.2 Å². The predicted octanol–water partition coefficient (Wildman–Crippen LogP) is 1.79. The van der Waals surface area contributed by atoms with Crippen molar-refractivity contribution in [2.75, 3.05) is 20.6 Å². The van der Waals surface area contributed by atoms with E-state index in [1.165, 1.54) is 12.3 Å². The highest BCUT2D eigenvalue weighted by Crippen LogP contribution is 2.25. The molecule has 7 heteroatoms. The van der Waals surface area contributed by atoms with E-state index in [1.54, 1.807) is 12.3 Å². The molecule has 2 heterocycles. The molecule has 0 saturated carbocycles. The van der Waals surface area contributed by atoms with Gasteiger partial charge in [-0.25, -0.2) is 4.39 Å². The molecule has 108 valence electrons. The molecule has 2 aromatic heterocycles. The summed E-state index contributed by atoms with van der Waals surface area (Å²) in [6.45, 7) is 1.58. The SMILES string of the molecule is CN(C)CCn1ncc(Br)c1C(N)c1ccc(F)cn1. The number of pyridine rings is 1. The highest BCUT2D eigenvalue weighted by molar-refractivity contribution is 9.10. The van der Waals surface area contributed by atoms with E-state index in [9.17, 15) is 4.39 Å². The third-order valence-corrected chi connectivity index (χ3v) is 3.57. The van der Waals surface area contributed by atoms with Gasteiger partial charge in [0.2, 0.25) is 0 Å². The maximum atomic E-state index is 12.9. The lowest BCUT2D eigenvalue weighted by Crippen LogP contribution is -2.24. The summed E-state index contributed by atoms with van der Waals surface area (Å²) in [6, 6.07) is 2.50. The summed E-state index contributed by atoms with van der Waals surface area (Å²) in [5.74, 6) is -0.374. The van der Waals surface area contributed by atoms with Gasteiger partial charge >= 0.3 is 0 Å². The van der Waals surface area contributed by atoms with E-state index in [2.05, 4.69) is 30.9 Å². The molecular weight excluding hydrogens is 325 g/mol. The Bertz CT molecular complexity index is 567. The van der Waals surface area contributed by atoms with Gasteiger partial charge in [0.1, 0.15) is 5.82 Å². The first-order chi connectivity index (χ1) is 9.49. The van der Waals surface area contributed by atoms with Crippen LogP contribution in [0.25, 0.3) is 0 Å². The van der Waals surface area contributed by atoms with Crippen LogP contribution in [0.15, 0.2) is 29.0 Å². The van der Waals surface area contributed by atoms with Gasteiger partial charge in [0.05, 0.1) is 40.8 Å². The average Bonchev–Trinajstić information content (AvgIpc) is 2.77. The molecule has 0 bridgehead atoms. The van der Waals surface area contributed by atoms with Crippen molar-refractivity contribution in [2.24, 2.45) is 5.73 Å². The number of rotatable bonds is 5. The summed E-state index contributed by atoms with van der Waals surface area (Å²) in [7, 11) is 4.00. The number of likely N-dealkylation sites (N-methyl/N-ethyl adjacent to an activating group) is 1. The molecule has 20 heavy (non-hydrogen) atoms. The van der Waals surface area contributed by atoms with E-state index >= 15 is 0 Å². The molecule has 2 N–H and O–H groups in total. The summed E-state index contributed by atoms with van der Waals surface area (Å²) in [5.41, 5.74) is 7.68. The Hall–Kier alpha value is -1.31. The van der Waals surface area contributed by atoms with Crippen LogP contribution in [-0.2, 0) is 6.54 Å². The van der Waals surface area contributed by atoms with Crippen molar-refractivity contribution in [3.8, 4) is 0 Å². The number of aromatic nitrogens is 3. The first-order valence-electron chi connectivity index (χ1n) is 6.22. The van der Waals surface area contributed by atoms with Crippen molar-refractivity contribution >= 4 is 15.9 Å². The van der Waals surface area contributed by atoms with Crippen LogP contribution in [0.5, 0.6) is 0 Å². The topological polar surface area (TPSA) is 60.0 Å². The lowest BCUT2D eigenvalue weighted by atomic mass is 10.1. The second-order valence-corrected chi connectivity index (χ2v) is 5.64. The Morgan fingerprint density at radius 1 is 1.40 bits per heavy atom. The van der Waals surface area contributed by atoms with Gasteiger partial charge < -0.3 is 10.6 Å². The molecule has 0 saturated heterocycles. The van der Waals surface area contributed by atoms with E-state index in [1.807, 2.05) is 18.8 Å². The largest absolute Gasteiger partial charge is 0.318 e. The number of nitrogens with zero attached hydrogens (tertiary/aromatic N) is 4. The van der Waals surface area contributed by atoms with Crippen LogP contribution in [0, 0.1) is 5.82 Å². The third kappa shape index (κ3) is 3.41. The average molecular weight is 342 g/mol. The predicted molar refractivity (Wildman–Crippen MR) is 78.7 cm³/mol. The third-order valence-electron chi connectivity index (χ3n) is 2.96. The maximum Gasteiger partial charge on any atom is 0.141 e. The minimum atomic E-state index is -0.449. The highest BCUT2D eigenvalue weighted by Gasteiger charge is 2.19. The van der Waals surface area contributed by atoms with Crippen molar-refractivity contribution in [2.45, 2.75) is 12.6 Å². The number of hydrogen-bond donors (Lipinski definition) is 1. The first kappa shape index (κ1) is 15.1. The maximum absolute atomic E-state index is 12.9.